The first-order valence-electron chi connectivity index (χ1n) is 10.9. The van der Waals surface area contributed by atoms with Crippen LogP contribution in [0.25, 0.3) is 11.5 Å². The topological polar surface area (TPSA) is 0 Å². The molecule has 0 heterocycles. The molecule has 0 nitrogen and oxygen atoms in total. The molecule has 0 radical (unpaired) electrons. The average Bonchev–Trinajstić information content (AvgIpc) is 2.98. The van der Waals surface area contributed by atoms with Gasteiger partial charge in [-0.2, -0.15) is 0 Å². The molecule has 0 aliphatic carbocycles. The number of halogens is 15. The lowest BCUT2D eigenvalue weighted by Gasteiger charge is -2.23. The summed E-state index contributed by atoms with van der Waals surface area (Å²) in [6, 6.07) is 5.46. The lowest BCUT2D eigenvalue weighted by atomic mass is 9.34. The smallest absolute Gasteiger partial charge is 0.204 e. The minimum absolute atomic E-state index is 0.221. The molecule has 0 bridgehead atoms. The zero-order chi connectivity index (χ0) is 31.4. The Hall–Kier alpha value is -4.37. The first-order valence-corrected chi connectivity index (χ1v) is 10.9. The van der Waals surface area contributed by atoms with Gasteiger partial charge < -0.3 is 0 Å². The van der Waals surface area contributed by atoms with Crippen molar-refractivity contribution in [3.05, 3.63) is 129 Å². The minimum atomic E-state index is -3.63. The van der Waals surface area contributed by atoms with Gasteiger partial charge in [0.25, 0.3) is 6.71 Å². The largest absolute Gasteiger partial charge is 0.258 e. The van der Waals surface area contributed by atoms with Gasteiger partial charge in [-0.1, -0.05) is 41.9 Å². The Bertz CT molecular complexity index is 1630. The average molecular weight is 614 g/mol. The fraction of sp³-hybridized carbons (Fsp3) is 0. The lowest BCUT2D eigenvalue weighted by molar-refractivity contribution is 0.376. The van der Waals surface area contributed by atoms with E-state index in [4.69, 9.17) is 0 Å². The molecule has 0 N–H and O–H groups in total. The first-order chi connectivity index (χ1) is 19.6. The highest BCUT2D eigenvalue weighted by Crippen LogP contribution is 2.34. The van der Waals surface area contributed by atoms with E-state index in [1.54, 1.807) is 0 Å². The van der Waals surface area contributed by atoms with Gasteiger partial charge >= 0.3 is 0 Å². The monoisotopic (exact) mass is 614 g/mol. The van der Waals surface area contributed by atoms with Crippen LogP contribution in [0.2, 0.25) is 0 Å². The zero-order valence-corrected chi connectivity index (χ0v) is 19.7. The fourth-order valence-electron chi connectivity index (χ4n) is 4.09. The van der Waals surface area contributed by atoms with Crippen LogP contribution in [0.3, 0.4) is 0 Å². The molecule has 218 valence electrons. The highest BCUT2D eigenvalue weighted by molar-refractivity contribution is 7.00. The van der Waals surface area contributed by atoms with Gasteiger partial charge in [0.05, 0.1) is 0 Å². The summed E-state index contributed by atoms with van der Waals surface area (Å²) in [6.45, 7) is -3.63. The Morgan fingerprint density at radius 1 is 0.381 bits per heavy atom. The van der Waals surface area contributed by atoms with Crippen molar-refractivity contribution in [2.45, 2.75) is 0 Å². The molecule has 0 spiro atoms. The maximum atomic E-state index is 15.1. The van der Waals surface area contributed by atoms with Crippen LogP contribution in [0.15, 0.2) is 30.3 Å². The van der Waals surface area contributed by atoms with E-state index in [1.807, 2.05) is 0 Å². The maximum Gasteiger partial charge on any atom is 0.258 e. The van der Waals surface area contributed by atoms with E-state index in [2.05, 4.69) is 0 Å². The van der Waals surface area contributed by atoms with Crippen LogP contribution < -0.4 is 10.9 Å². The molecule has 0 atom stereocenters. The number of hydrogen-bond acceptors (Lipinski definition) is 0. The Kier molecular flexibility index (Phi) is 8.11. The summed E-state index contributed by atoms with van der Waals surface area (Å²) in [5.74, 6) is -43.2. The van der Waals surface area contributed by atoms with Crippen molar-refractivity contribution in [3.8, 4) is 0 Å². The second kappa shape index (κ2) is 11.1. The molecule has 0 unspecified atom stereocenters. The summed E-state index contributed by atoms with van der Waals surface area (Å²) in [5, 5.41) is 0. The normalized spacial score (nSPS) is 11.8. The predicted molar refractivity (Wildman–Crippen MR) is 118 cm³/mol. The van der Waals surface area contributed by atoms with Gasteiger partial charge in [0.2, 0.25) is 5.82 Å². The molecule has 0 aliphatic heterocycles. The Balaban J connectivity index is 2.34. The zero-order valence-electron chi connectivity index (χ0n) is 19.7. The fourth-order valence-corrected chi connectivity index (χ4v) is 4.09. The van der Waals surface area contributed by atoms with Gasteiger partial charge in [0.1, 0.15) is 0 Å². The molecule has 0 saturated carbocycles. The van der Waals surface area contributed by atoms with Crippen LogP contribution in [-0.4, -0.2) is 6.71 Å². The molecule has 4 aromatic carbocycles. The summed E-state index contributed by atoms with van der Waals surface area (Å²) in [6.07, 6.45) is 0.221. The summed E-state index contributed by atoms with van der Waals surface area (Å²) in [4.78, 5) is 0. The van der Waals surface area contributed by atoms with E-state index >= 15 is 26.3 Å². The third-order valence-corrected chi connectivity index (χ3v) is 6.00. The van der Waals surface area contributed by atoms with Crippen LogP contribution in [-0.2, 0) is 0 Å². The molecule has 0 aromatic heterocycles. The van der Waals surface area contributed by atoms with Crippen molar-refractivity contribution in [3.63, 3.8) is 0 Å². The minimum Gasteiger partial charge on any atom is -0.204 e. The van der Waals surface area contributed by atoms with E-state index < -0.39 is 121 Å². The summed E-state index contributed by atoms with van der Waals surface area (Å²) in [7, 11) is 0. The molecule has 0 fully saturated rings. The van der Waals surface area contributed by atoms with Crippen LogP contribution in [0.4, 0.5) is 65.9 Å². The molecule has 4 rings (SSSR count). The highest BCUT2D eigenvalue weighted by atomic mass is 19.2. The van der Waals surface area contributed by atoms with Crippen LogP contribution in [0, 0.1) is 87.3 Å². The number of hydrogen-bond donors (Lipinski definition) is 0. The van der Waals surface area contributed by atoms with E-state index in [9.17, 15) is 39.5 Å². The van der Waals surface area contributed by atoms with Crippen molar-refractivity contribution >= 4 is 29.2 Å². The molecule has 16 heteroatoms. The molecular weight excluding hydrogens is 608 g/mol. The van der Waals surface area contributed by atoms with E-state index in [1.165, 1.54) is 6.07 Å². The molecule has 0 saturated heterocycles. The van der Waals surface area contributed by atoms with E-state index in [-0.39, 0.29) is 6.08 Å². The first kappa shape index (κ1) is 30.6. The maximum absolute atomic E-state index is 15.1. The lowest BCUT2D eigenvalue weighted by Crippen LogP contribution is -2.52. The van der Waals surface area contributed by atoms with Crippen LogP contribution in [0.1, 0.15) is 11.1 Å². The standard InChI is InChI=1S/C26H6BF15/c28-12-9(13(29)19(35)24(40)18(12)34)8(6-7-4-2-1-3-5-7)27(10-14(30)20(36)25(41)21(37)15(10)31)11-16(32)22(38)26(42)23(39)17(11)33/h1-6H/b8-6+. The van der Waals surface area contributed by atoms with Gasteiger partial charge in [-0.05, 0) is 5.56 Å². The third-order valence-electron chi connectivity index (χ3n) is 6.00. The third kappa shape index (κ3) is 4.67. The Morgan fingerprint density at radius 3 is 1.00 bits per heavy atom. The van der Waals surface area contributed by atoms with Crippen molar-refractivity contribution < 1.29 is 65.9 Å². The van der Waals surface area contributed by atoms with Gasteiger partial charge in [0, 0.05) is 16.5 Å². The predicted octanol–water partition coefficient (Wildman–Crippen LogP) is 7.16. The molecule has 0 aliphatic rings. The van der Waals surface area contributed by atoms with Gasteiger partial charge in [-0.25, -0.2) is 65.9 Å². The number of benzene rings is 4. The van der Waals surface area contributed by atoms with Gasteiger partial charge in [-0.15, -0.1) is 0 Å². The Morgan fingerprint density at radius 2 is 0.667 bits per heavy atom. The van der Waals surface area contributed by atoms with Crippen molar-refractivity contribution in [1.82, 2.24) is 0 Å². The molecule has 0 amide bonds. The second-order valence-corrected chi connectivity index (χ2v) is 8.36. The van der Waals surface area contributed by atoms with Crippen molar-refractivity contribution in [2.24, 2.45) is 0 Å². The second-order valence-electron chi connectivity index (χ2n) is 8.36. The highest BCUT2D eigenvalue weighted by Gasteiger charge is 2.44. The van der Waals surface area contributed by atoms with Gasteiger partial charge in [0.15, 0.2) is 81.4 Å². The van der Waals surface area contributed by atoms with Crippen molar-refractivity contribution in [1.29, 1.82) is 0 Å². The van der Waals surface area contributed by atoms with Crippen molar-refractivity contribution in [2.75, 3.05) is 0 Å². The summed E-state index contributed by atoms with van der Waals surface area (Å²) >= 11 is 0. The summed E-state index contributed by atoms with van der Waals surface area (Å²) < 4.78 is 217. The van der Waals surface area contributed by atoms with E-state index in [0.717, 1.165) is 24.3 Å². The summed E-state index contributed by atoms with van der Waals surface area (Å²) in [5.41, 5.74) is -9.47. The number of rotatable bonds is 5. The van der Waals surface area contributed by atoms with Crippen LogP contribution >= 0.6 is 0 Å². The Labute approximate surface area is 224 Å². The quantitative estimate of drug-likeness (QED) is 0.0737. The van der Waals surface area contributed by atoms with E-state index in [0.29, 0.717) is 0 Å². The molecular formula is C26H6BF15. The molecule has 42 heavy (non-hydrogen) atoms. The van der Waals surface area contributed by atoms with Gasteiger partial charge in [-0.3, -0.25) is 0 Å². The van der Waals surface area contributed by atoms with Crippen LogP contribution in [0.5, 0.6) is 0 Å². The SMILES string of the molecule is Fc1c(F)c(F)c(B(/C(=C/c2ccccc2)c2c(F)c(F)c(F)c(F)c2F)c2c(F)c(F)c(F)c(F)c2F)c(F)c1F. The molecule has 4 aromatic rings.